The minimum absolute atomic E-state index is 0.0353. The van der Waals surface area contributed by atoms with E-state index in [0.29, 0.717) is 0 Å². The largest absolute Gasteiger partial charge is 0.458 e. The molecule has 0 amide bonds. The van der Waals surface area contributed by atoms with E-state index in [0.717, 1.165) is 19.4 Å². The van der Waals surface area contributed by atoms with Crippen LogP contribution in [0.3, 0.4) is 0 Å². The minimum Gasteiger partial charge on any atom is -0.458 e. The van der Waals surface area contributed by atoms with Gasteiger partial charge in [-0.1, -0.05) is 30.3 Å². The molecule has 0 spiro atoms. The fourth-order valence-electron chi connectivity index (χ4n) is 1.00. The zero-order chi connectivity index (χ0) is 12.2. The lowest BCUT2D eigenvalue weighted by Crippen LogP contribution is -2.39. The first-order valence-corrected chi connectivity index (χ1v) is 4.85. The van der Waals surface area contributed by atoms with Gasteiger partial charge in [0, 0.05) is 0 Å². The van der Waals surface area contributed by atoms with Gasteiger partial charge in [0.1, 0.15) is 6.61 Å². The first-order valence-electron chi connectivity index (χ1n) is 4.85. The summed E-state index contributed by atoms with van der Waals surface area (Å²) in [6.45, 7) is 1.89. The Balaban J connectivity index is 2.57. The minimum atomic E-state index is -2.56. The highest BCUT2D eigenvalue weighted by Gasteiger charge is 2.40. The van der Waals surface area contributed by atoms with Crippen molar-refractivity contribution < 1.29 is 18.7 Å². The summed E-state index contributed by atoms with van der Waals surface area (Å²) in [5.41, 5.74) is -1.82. The van der Waals surface area contributed by atoms with Gasteiger partial charge in [-0.25, -0.2) is 9.18 Å². The van der Waals surface area contributed by atoms with Crippen molar-refractivity contribution in [3.63, 3.8) is 0 Å². The Bertz CT molecular complexity index is 385. The zero-order valence-electron chi connectivity index (χ0n) is 9.20. The number of Topliss-reactive ketones (excluding diaryl/α,β-unsaturated/α-hetero) is 1. The van der Waals surface area contributed by atoms with Crippen LogP contribution in [0.2, 0.25) is 0 Å². The van der Waals surface area contributed by atoms with E-state index in [-0.39, 0.29) is 6.61 Å². The van der Waals surface area contributed by atoms with Crippen molar-refractivity contribution >= 4 is 11.8 Å². The van der Waals surface area contributed by atoms with Crippen LogP contribution in [-0.2, 0) is 20.9 Å². The maximum Gasteiger partial charge on any atom is 0.351 e. The number of hydrogen-bond acceptors (Lipinski definition) is 3. The molecule has 16 heavy (non-hydrogen) atoms. The summed E-state index contributed by atoms with van der Waals surface area (Å²) < 4.78 is 18.2. The number of carbonyl (C=O) groups is 2. The van der Waals surface area contributed by atoms with Crippen molar-refractivity contribution in [3.05, 3.63) is 35.9 Å². The fourth-order valence-corrected chi connectivity index (χ4v) is 1.00. The van der Waals surface area contributed by atoms with Crippen LogP contribution in [0.4, 0.5) is 4.39 Å². The Kier molecular flexibility index (Phi) is 3.77. The third-order valence-electron chi connectivity index (χ3n) is 2.26. The SMILES string of the molecule is CC(=O)[C@@](C)(F)C(=O)OCc1ccccc1. The Labute approximate surface area is 93.2 Å². The molecule has 0 aliphatic carbocycles. The highest BCUT2D eigenvalue weighted by Crippen LogP contribution is 2.15. The van der Waals surface area contributed by atoms with E-state index >= 15 is 0 Å². The van der Waals surface area contributed by atoms with Gasteiger partial charge < -0.3 is 4.74 Å². The van der Waals surface area contributed by atoms with Gasteiger partial charge in [0.15, 0.2) is 5.78 Å². The van der Waals surface area contributed by atoms with Gasteiger partial charge in [0.05, 0.1) is 0 Å². The Morgan fingerprint density at radius 1 is 1.31 bits per heavy atom. The van der Waals surface area contributed by atoms with Gasteiger partial charge in [-0.3, -0.25) is 4.79 Å². The summed E-state index contributed by atoms with van der Waals surface area (Å²) in [4.78, 5) is 22.1. The van der Waals surface area contributed by atoms with E-state index in [4.69, 9.17) is 4.74 Å². The second kappa shape index (κ2) is 4.88. The first kappa shape index (κ1) is 12.4. The normalized spacial score (nSPS) is 13.9. The predicted octanol–water partition coefficient (Wildman–Crippen LogP) is 2.05. The molecule has 1 atom stereocenters. The van der Waals surface area contributed by atoms with Crippen molar-refractivity contribution in [2.45, 2.75) is 26.1 Å². The topological polar surface area (TPSA) is 43.4 Å². The summed E-state index contributed by atoms with van der Waals surface area (Å²) in [6, 6.07) is 8.87. The van der Waals surface area contributed by atoms with Crippen molar-refractivity contribution in [1.29, 1.82) is 0 Å². The number of benzene rings is 1. The maximum atomic E-state index is 13.5. The number of halogens is 1. The van der Waals surface area contributed by atoms with Crippen molar-refractivity contribution in [1.82, 2.24) is 0 Å². The molecule has 0 bridgehead atoms. The van der Waals surface area contributed by atoms with Gasteiger partial charge in [-0.15, -0.1) is 0 Å². The molecule has 3 nitrogen and oxygen atoms in total. The van der Waals surface area contributed by atoms with Gasteiger partial charge >= 0.3 is 5.97 Å². The number of hydrogen-bond donors (Lipinski definition) is 0. The van der Waals surface area contributed by atoms with E-state index in [9.17, 15) is 14.0 Å². The lowest BCUT2D eigenvalue weighted by molar-refractivity contribution is -0.161. The summed E-state index contributed by atoms with van der Waals surface area (Å²) in [6.07, 6.45) is 0. The third-order valence-corrected chi connectivity index (χ3v) is 2.26. The van der Waals surface area contributed by atoms with E-state index in [1.54, 1.807) is 24.3 Å². The fraction of sp³-hybridized carbons (Fsp3) is 0.333. The van der Waals surface area contributed by atoms with Crippen molar-refractivity contribution in [2.75, 3.05) is 0 Å². The molecule has 4 heteroatoms. The van der Waals surface area contributed by atoms with Crippen LogP contribution in [0.25, 0.3) is 0 Å². The predicted molar refractivity (Wildman–Crippen MR) is 56.4 cm³/mol. The second-order valence-corrected chi connectivity index (χ2v) is 3.62. The molecule has 1 aromatic rings. The molecule has 0 aliphatic rings. The highest BCUT2D eigenvalue weighted by atomic mass is 19.1. The third kappa shape index (κ3) is 2.89. The molecule has 0 N–H and O–H groups in total. The number of rotatable bonds is 4. The molecule has 1 rings (SSSR count). The van der Waals surface area contributed by atoms with E-state index in [1.807, 2.05) is 6.07 Å². The second-order valence-electron chi connectivity index (χ2n) is 3.62. The van der Waals surface area contributed by atoms with Crippen LogP contribution in [0.1, 0.15) is 19.4 Å². The molecular formula is C12H13FO3. The summed E-state index contributed by atoms with van der Waals surface area (Å²) >= 11 is 0. The van der Waals surface area contributed by atoms with Gasteiger partial charge in [0.25, 0.3) is 5.67 Å². The number of ether oxygens (including phenoxy) is 1. The number of ketones is 1. The lowest BCUT2D eigenvalue weighted by atomic mass is 10.1. The van der Waals surface area contributed by atoms with Gasteiger partial charge in [0.2, 0.25) is 0 Å². The summed E-state index contributed by atoms with van der Waals surface area (Å²) in [5.74, 6) is -2.01. The van der Waals surface area contributed by atoms with E-state index < -0.39 is 17.4 Å². The molecule has 1 aromatic carbocycles. The Morgan fingerprint density at radius 2 is 1.88 bits per heavy atom. The number of carbonyl (C=O) groups excluding carboxylic acids is 2. The molecule has 86 valence electrons. The van der Waals surface area contributed by atoms with Gasteiger partial charge in [-0.2, -0.15) is 0 Å². The average molecular weight is 224 g/mol. The van der Waals surface area contributed by atoms with Crippen molar-refractivity contribution in [3.8, 4) is 0 Å². The molecule has 0 aliphatic heterocycles. The van der Waals surface area contributed by atoms with Crippen LogP contribution < -0.4 is 0 Å². The molecule has 0 radical (unpaired) electrons. The van der Waals surface area contributed by atoms with Crippen LogP contribution in [0, 0.1) is 0 Å². The maximum absolute atomic E-state index is 13.5. The molecule has 0 heterocycles. The molecule has 0 fully saturated rings. The van der Waals surface area contributed by atoms with E-state index in [2.05, 4.69) is 0 Å². The van der Waals surface area contributed by atoms with Crippen LogP contribution in [0.15, 0.2) is 30.3 Å². The first-order chi connectivity index (χ1) is 7.44. The lowest BCUT2D eigenvalue weighted by Gasteiger charge is -2.15. The smallest absolute Gasteiger partial charge is 0.351 e. The number of alkyl halides is 1. The molecular weight excluding hydrogens is 211 g/mol. The summed E-state index contributed by atoms with van der Waals surface area (Å²) in [5, 5.41) is 0. The number of esters is 1. The molecule has 0 saturated heterocycles. The standard InChI is InChI=1S/C12H13FO3/c1-9(14)12(2,13)11(15)16-8-10-6-4-3-5-7-10/h3-7H,8H2,1-2H3/t12-/m1/s1. The Morgan fingerprint density at radius 3 is 2.38 bits per heavy atom. The quantitative estimate of drug-likeness (QED) is 0.580. The van der Waals surface area contributed by atoms with Crippen LogP contribution in [0.5, 0.6) is 0 Å². The van der Waals surface area contributed by atoms with E-state index in [1.165, 1.54) is 0 Å². The average Bonchev–Trinajstić information content (AvgIpc) is 2.27. The van der Waals surface area contributed by atoms with Crippen LogP contribution in [-0.4, -0.2) is 17.4 Å². The molecule has 0 unspecified atom stereocenters. The molecule has 0 saturated carbocycles. The Hall–Kier alpha value is -1.71. The summed E-state index contributed by atoms with van der Waals surface area (Å²) in [7, 11) is 0. The van der Waals surface area contributed by atoms with Crippen molar-refractivity contribution in [2.24, 2.45) is 0 Å². The van der Waals surface area contributed by atoms with Crippen LogP contribution >= 0.6 is 0 Å². The van der Waals surface area contributed by atoms with Gasteiger partial charge in [-0.05, 0) is 19.4 Å². The molecule has 0 aromatic heterocycles. The highest BCUT2D eigenvalue weighted by molar-refractivity contribution is 6.05. The zero-order valence-corrected chi connectivity index (χ0v) is 9.20. The monoisotopic (exact) mass is 224 g/mol.